The van der Waals surface area contributed by atoms with E-state index >= 15 is 0 Å². The van der Waals surface area contributed by atoms with Crippen molar-refractivity contribution in [2.45, 2.75) is 25.1 Å². The minimum Gasteiger partial charge on any atom is -0.350 e. The van der Waals surface area contributed by atoms with Gasteiger partial charge in [0.15, 0.2) is 0 Å². The lowest BCUT2D eigenvalue weighted by Crippen LogP contribution is -2.36. The Bertz CT molecular complexity index is 692. The molecule has 0 spiro atoms. The highest BCUT2D eigenvalue weighted by atomic mass is 32.1. The summed E-state index contributed by atoms with van der Waals surface area (Å²) in [4.78, 5) is 15.8. The molecule has 0 bridgehead atoms. The van der Waals surface area contributed by atoms with Gasteiger partial charge in [0.2, 0.25) is 0 Å². The van der Waals surface area contributed by atoms with Crippen molar-refractivity contribution in [3.05, 3.63) is 57.8 Å². The van der Waals surface area contributed by atoms with Crippen LogP contribution in [0.4, 0.5) is 13.2 Å². The van der Waals surface area contributed by atoms with Gasteiger partial charge < -0.3 is 5.32 Å². The molecule has 134 valence electrons. The van der Waals surface area contributed by atoms with E-state index in [9.17, 15) is 18.0 Å². The Hall–Kier alpha value is -1.86. The zero-order chi connectivity index (χ0) is 17.9. The highest BCUT2D eigenvalue weighted by molar-refractivity contribution is 7.10. The number of alkyl halides is 3. The van der Waals surface area contributed by atoms with Gasteiger partial charge in [0.1, 0.15) is 0 Å². The van der Waals surface area contributed by atoms with Gasteiger partial charge in [0.05, 0.1) is 11.6 Å². The minimum absolute atomic E-state index is 0.112. The average Bonchev–Trinajstić information content (AvgIpc) is 3.28. The molecular formula is C18H19F3N2OS. The molecule has 1 N–H and O–H groups in total. The molecule has 1 unspecified atom stereocenters. The fourth-order valence-corrected chi connectivity index (χ4v) is 3.91. The SMILES string of the molecule is O=C(NCC(c1cccs1)N1CCCC1)c1ccc(C(F)(F)F)cc1. The van der Waals surface area contributed by atoms with Gasteiger partial charge in [0, 0.05) is 17.0 Å². The van der Waals surface area contributed by atoms with Gasteiger partial charge in [0.25, 0.3) is 5.91 Å². The van der Waals surface area contributed by atoms with Gasteiger partial charge in [-0.25, -0.2) is 0 Å². The Kier molecular flexibility index (Phi) is 5.44. The van der Waals surface area contributed by atoms with Crippen LogP contribution in [0.3, 0.4) is 0 Å². The molecule has 3 nitrogen and oxygen atoms in total. The Morgan fingerprint density at radius 1 is 1.16 bits per heavy atom. The Morgan fingerprint density at radius 2 is 1.84 bits per heavy atom. The van der Waals surface area contributed by atoms with Crippen LogP contribution in [-0.2, 0) is 6.18 Å². The lowest BCUT2D eigenvalue weighted by Gasteiger charge is -2.27. The van der Waals surface area contributed by atoms with Gasteiger partial charge in [-0.2, -0.15) is 13.2 Å². The molecule has 1 aliphatic rings. The average molecular weight is 368 g/mol. The quantitative estimate of drug-likeness (QED) is 0.852. The van der Waals surface area contributed by atoms with Gasteiger partial charge >= 0.3 is 6.18 Å². The van der Waals surface area contributed by atoms with Crippen molar-refractivity contribution in [3.8, 4) is 0 Å². The number of rotatable bonds is 5. The number of hydrogen-bond donors (Lipinski definition) is 1. The molecular weight excluding hydrogens is 349 g/mol. The maximum absolute atomic E-state index is 12.6. The van der Waals surface area contributed by atoms with Crippen molar-refractivity contribution >= 4 is 17.2 Å². The van der Waals surface area contributed by atoms with Crippen molar-refractivity contribution < 1.29 is 18.0 Å². The van der Waals surface area contributed by atoms with Crippen LogP contribution < -0.4 is 5.32 Å². The summed E-state index contributed by atoms with van der Waals surface area (Å²) in [5.74, 6) is -0.352. The summed E-state index contributed by atoms with van der Waals surface area (Å²) in [6.07, 6.45) is -2.10. The molecule has 3 rings (SSSR count). The zero-order valence-electron chi connectivity index (χ0n) is 13.6. The van der Waals surface area contributed by atoms with Crippen LogP contribution in [0.5, 0.6) is 0 Å². The second-order valence-electron chi connectivity index (χ2n) is 6.06. The fourth-order valence-electron chi connectivity index (χ4n) is 3.05. The number of halogens is 3. The third kappa shape index (κ3) is 4.41. The van der Waals surface area contributed by atoms with Crippen LogP contribution in [-0.4, -0.2) is 30.4 Å². The van der Waals surface area contributed by atoms with Crippen LogP contribution in [0.25, 0.3) is 0 Å². The molecule has 2 heterocycles. The Balaban J connectivity index is 1.65. The summed E-state index contributed by atoms with van der Waals surface area (Å²) < 4.78 is 37.8. The Labute approximate surface area is 148 Å². The predicted molar refractivity (Wildman–Crippen MR) is 91.6 cm³/mol. The van der Waals surface area contributed by atoms with E-state index in [1.807, 2.05) is 11.4 Å². The van der Waals surface area contributed by atoms with Crippen molar-refractivity contribution in [3.63, 3.8) is 0 Å². The predicted octanol–water partition coefficient (Wildman–Crippen LogP) is 4.33. The first-order chi connectivity index (χ1) is 11.9. The Morgan fingerprint density at radius 3 is 2.40 bits per heavy atom. The fraction of sp³-hybridized carbons (Fsp3) is 0.389. The van der Waals surface area contributed by atoms with Gasteiger partial charge in [-0.05, 0) is 61.6 Å². The maximum Gasteiger partial charge on any atom is 0.416 e. The standard InChI is InChI=1S/C18H19F3N2OS/c19-18(20,21)14-7-5-13(6-8-14)17(24)22-12-15(16-4-3-11-25-16)23-9-1-2-10-23/h3-8,11,15H,1-2,9-10,12H2,(H,22,24). The largest absolute Gasteiger partial charge is 0.416 e. The van der Waals surface area contributed by atoms with Crippen LogP contribution >= 0.6 is 11.3 Å². The summed E-state index contributed by atoms with van der Waals surface area (Å²) in [6.45, 7) is 2.44. The van der Waals surface area contributed by atoms with Crippen molar-refractivity contribution in [2.24, 2.45) is 0 Å². The first-order valence-corrected chi connectivity index (χ1v) is 9.06. The first-order valence-electron chi connectivity index (χ1n) is 8.18. The highest BCUT2D eigenvalue weighted by Crippen LogP contribution is 2.30. The lowest BCUT2D eigenvalue weighted by atomic mass is 10.1. The summed E-state index contributed by atoms with van der Waals surface area (Å²) in [5.41, 5.74) is -0.517. The maximum atomic E-state index is 12.6. The number of nitrogens with one attached hydrogen (secondary N) is 1. The number of carbonyl (C=O) groups is 1. The number of benzene rings is 1. The van der Waals surface area contributed by atoms with Crippen molar-refractivity contribution in [1.29, 1.82) is 0 Å². The number of thiophene rings is 1. The smallest absolute Gasteiger partial charge is 0.350 e. The molecule has 1 amide bonds. The lowest BCUT2D eigenvalue weighted by molar-refractivity contribution is -0.137. The first kappa shape index (κ1) is 17.9. The summed E-state index contributed by atoms with van der Waals surface area (Å²) in [6, 6.07) is 8.46. The molecule has 0 saturated carbocycles. The van der Waals surface area contributed by atoms with Gasteiger partial charge in [-0.1, -0.05) is 6.07 Å². The van der Waals surface area contributed by atoms with Crippen LogP contribution in [0.15, 0.2) is 41.8 Å². The van der Waals surface area contributed by atoms with E-state index in [4.69, 9.17) is 0 Å². The zero-order valence-corrected chi connectivity index (χ0v) is 14.4. The molecule has 2 aromatic rings. The summed E-state index contributed by atoms with van der Waals surface area (Å²) in [5, 5.41) is 4.88. The van der Waals surface area contributed by atoms with Crippen molar-refractivity contribution in [1.82, 2.24) is 10.2 Å². The summed E-state index contributed by atoms with van der Waals surface area (Å²) >= 11 is 1.65. The van der Waals surface area contributed by atoms with E-state index in [0.29, 0.717) is 6.54 Å². The second-order valence-corrected chi connectivity index (χ2v) is 7.04. The van der Waals surface area contributed by atoms with Crippen molar-refractivity contribution in [2.75, 3.05) is 19.6 Å². The van der Waals surface area contributed by atoms with E-state index < -0.39 is 11.7 Å². The topological polar surface area (TPSA) is 32.3 Å². The molecule has 1 atom stereocenters. The molecule has 1 saturated heterocycles. The second kappa shape index (κ2) is 7.58. The highest BCUT2D eigenvalue weighted by Gasteiger charge is 2.30. The van der Waals surface area contributed by atoms with Crippen LogP contribution in [0.1, 0.15) is 39.7 Å². The molecule has 1 aromatic carbocycles. The van der Waals surface area contributed by atoms with E-state index in [1.165, 1.54) is 17.0 Å². The number of carbonyl (C=O) groups excluding carboxylic acids is 1. The van der Waals surface area contributed by atoms with E-state index in [0.717, 1.165) is 38.1 Å². The molecule has 25 heavy (non-hydrogen) atoms. The molecule has 0 aliphatic carbocycles. The molecule has 0 radical (unpaired) electrons. The number of likely N-dealkylation sites (tertiary alicyclic amines) is 1. The molecule has 1 fully saturated rings. The summed E-state index contributed by atoms with van der Waals surface area (Å²) in [7, 11) is 0. The van der Waals surface area contributed by atoms with E-state index in [2.05, 4.69) is 16.3 Å². The number of amides is 1. The number of nitrogens with zero attached hydrogens (tertiary/aromatic N) is 1. The van der Waals surface area contributed by atoms with Crippen LogP contribution in [0, 0.1) is 0 Å². The molecule has 1 aliphatic heterocycles. The normalized spacial score (nSPS) is 16.8. The number of hydrogen-bond acceptors (Lipinski definition) is 3. The molecule has 7 heteroatoms. The van der Waals surface area contributed by atoms with Crippen LogP contribution in [0.2, 0.25) is 0 Å². The van der Waals surface area contributed by atoms with Gasteiger partial charge in [-0.15, -0.1) is 11.3 Å². The van der Waals surface area contributed by atoms with E-state index in [-0.39, 0.29) is 17.5 Å². The van der Waals surface area contributed by atoms with E-state index in [1.54, 1.807) is 11.3 Å². The third-order valence-electron chi connectivity index (χ3n) is 4.38. The molecule has 1 aromatic heterocycles. The third-order valence-corrected chi connectivity index (χ3v) is 5.36. The monoisotopic (exact) mass is 368 g/mol. The van der Waals surface area contributed by atoms with Gasteiger partial charge in [-0.3, -0.25) is 9.69 Å². The minimum atomic E-state index is -4.39.